The minimum absolute atomic E-state index is 0.103. The summed E-state index contributed by atoms with van der Waals surface area (Å²) in [6, 6.07) is 12.1. The summed E-state index contributed by atoms with van der Waals surface area (Å²) < 4.78 is 0. The van der Waals surface area contributed by atoms with Gasteiger partial charge in [0.05, 0.1) is 4.92 Å². The first-order valence-electron chi connectivity index (χ1n) is 7.60. The van der Waals surface area contributed by atoms with Crippen molar-refractivity contribution in [3.05, 3.63) is 70.0 Å². The number of nitrogens with zero attached hydrogens (tertiary/aromatic N) is 2. The minimum Gasteiger partial charge on any atom is -0.348 e. The maximum Gasteiger partial charge on any atom is 0.270 e. The number of aromatic nitrogens is 1. The summed E-state index contributed by atoms with van der Waals surface area (Å²) in [6.07, 6.45) is 4.31. The lowest BCUT2D eigenvalue weighted by molar-refractivity contribution is -0.384. The molecule has 6 nitrogen and oxygen atoms in total. The summed E-state index contributed by atoms with van der Waals surface area (Å²) in [6.45, 7) is 0. The van der Waals surface area contributed by atoms with Crippen LogP contribution in [0.4, 0.5) is 5.69 Å². The molecule has 1 fully saturated rings. The van der Waals surface area contributed by atoms with Gasteiger partial charge in [-0.15, -0.1) is 0 Å². The number of amides is 1. The van der Waals surface area contributed by atoms with Gasteiger partial charge in [0.1, 0.15) is 5.69 Å². The summed E-state index contributed by atoms with van der Waals surface area (Å²) in [5.74, 6) is 0.171. The zero-order chi connectivity index (χ0) is 16.2. The average molecular weight is 311 g/mol. The van der Waals surface area contributed by atoms with Gasteiger partial charge in [0.2, 0.25) is 0 Å². The van der Waals surface area contributed by atoms with Crippen molar-refractivity contribution >= 4 is 11.6 Å². The van der Waals surface area contributed by atoms with E-state index in [2.05, 4.69) is 10.3 Å². The molecule has 6 heteroatoms. The lowest BCUT2D eigenvalue weighted by Crippen LogP contribution is -2.33. The summed E-state index contributed by atoms with van der Waals surface area (Å²) in [4.78, 5) is 26.5. The standard InChI is InChI=1S/C17H17N3O3/c21-17(16-3-1-2-10-18-16)19-14-7-4-13(11-14)12-5-8-15(9-6-12)20(22)23/h1-3,5-6,8-10,13-14H,4,7,11H2,(H,19,21)/t13-,14+/m0/s1. The van der Waals surface area contributed by atoms with Gasteiger partial charge in [-0.3, -0.25) is 19.9 Å². The van der Waals surface area contributed by atoms with Crippen molar-refractivity contribution in [1.29, 1.82) is 0 Å². The van der Waals surface area contributed by atoms with Crippen molar-refractivity contribution in [2.45, 2.75) is 31.2 Å². The summed E-state index contributed by atoms with van der Waals surface area (Å²) >= 11 is 0. The van der Waals surface area contributed by atoms with Crippen molar-refractivity contribution in [2.24, 2.45) is 0 Å². The number of hydrogen-bond acceptors (Lipinski definition) is 4. The Bertz CT molecular complexity index is 701. The monoisotopic (exact) mass is 311 g/mol. The Morgan fingerprint density at radius 3 is 2.61 bits per heavy atom. The molecule has 1 saturated carbocycles. The highest BCUT2D eigenvalue weighted by molar-refractivity contribution is 5.92. The Balaban J connectivity index is 1.60. The molecule has 0 saturated heterocycles. The second-order valence-electron chi connectivity index (χ2n) is 5.74. The number of carbonyl (C=O) groups excluding carboxylic acids is 1. The number of benzene rings is 1. The van der Waals surface area contributed by atoms with Gasteiger partial charge in [0.25, 0.3) is 11.6 Å². The van der Waals surface area contributed by atoms with E-state index in [4.69, 9.17) is 0 Å². The van der Waals surface area contributed by atoms with Crippen LogP contribution < -0.4 is 5.32 Å². The van der Waals surface area contributed by atoms with E-state index in [9.17, 15) is 14.9 Å². The van der Waals surface area contributed by atoms with E-state index in [0.717, 1.165) is 24.8 Å². The van der Waals surface area contributed by atoms with Crippen LogP contribution in [0.15, 0.2) is 48.7 Å². The number of pyridine rings is 1. The van der Waals surface area contributed by atoms with Crippen molar-refractivity contribution < 1.29 is 9.72 Å². The topological polar surface area (TPSA) is 85.1 Å². The third kappa shape index (κ3) is 3.53. The van der Waals surface area contributed by atoms with E-state index in [-0.39, 0.29) is 17.6 Å². The highest BCUT2D eigenvalue weighted by Crippen LogP contribution is 2.35. The van der Waals surface area contributed by atoms with E-state index in [0.29, 0.717) is 11.6 Å². The molecular formula is C17H17N3O3. The first-order chi connectivity index (χ1) is 11.1. The highest BCUT2D eigenvalue weighted by Gasteiger charge is 2.27. The van der Waals surface area contributed by atoms with Gasteiger partial charge < -0.3 is 5.32 Å². The fraction of sp³-hybridized carbons (Fsp3) is 0.294. The van der Waals surface area contributed by atoms with E-state index >= 15 is 0 Å². The summed E-state index contributed by atoms with van der Waals surface area (Å²) in [5, 5.41) is 13.7. The Morgan fingerprint density at radius 2 is 1.96 bits per heavy atom. The fourth-order valence-corrected chi connectivity index (χ4v) is 3.04. The van der Waals surface area contributed by atoms with Crippen molar-refractivity contribution in [3.63, 3.8) is 0 Å². The predicted molar refractivity (Wildman–Crippen MR) is 85.2 cm³/mol. The quantitative estimate of drug-likeness (QED) is 0.694. The highest BCUT2D eigenvalue weighted by atomic mass is 16.6. The molecule has 2 aromatic rings. The Labute approximate surface area is 133 Å². The number of carbonyl (C=O) groups is 1. The SMILES string of the molecule is O=C(N[C@@H]1CC[C@H](c2ccc([N+](=O)[O-])cc2)C1)c1ccccn1. The molecule has 3 rings (SSSR count). The van der Waals surface area contributed by atoms with Gasteiger partial charge in [-0.2, -0.15) is 0 Å². The van der Waals surface area contributed by atoms with Crippen molar-refractivity contribution in [2.75, 3.05) is 0 Å². The largest absolute Gasteiger partial charge is 0.348 e. The molecule has 0 radical (unpaired) electrons. The zero-order valence-electron chi connectivity index (χ0n) is 12.5. The van der Waals surface area contributed by atoms with E-state index in [1.54, 1.807) is 24.4 Å². The molecule has 23 heavy (non-hydrogen) atoms. The van der Waals surface area contributed by atoms with Gasteiger partial charge in [0, 0.05) is 24.4 Å². The lowest BCUT2D eigenvalue weighted by Gasteiger charge is -2.13. The number of non-ortho nitro benzene ring substituents is 1. The molecule has 0 unspecified atom stereocenters. The molecule has 2 atom stereocenters. The molecule has 1 amide bonds. The molecule has 0 spiro atoms. The molecule has 1 heterocycles. The van der Waals surface area contributed by atoms with Crippen LogP contribution in [0.5, 0.6) is 0 Å². The van der Waals surface area contributed by atoms with Crippen molar-refractivity contribution in [3.8, 4) is 0 Å². The first kappa shape index (κ1) is 15.1. The van der Waals surface area contributed by atoms with Gasteiger partial charge in [0.15, 0.2) is 0 Å². The second-order valence-corrected chi connectivity index (χ2v) is 5.74. The Morgan fingerprint density at radius 1 is 1.17 bits per heavy atom. The number of hydrogen-bond donors (Lipinski definition) is 1. The van der Waals surface area contributed by atoms with Crippen molar-refractivity contribution in [1.82, 2.24) is 10.3 Å². The molecule has 1 aliphatic rings. The number of nitro benzene ring substituents is 1. The first-order valence-corrected chi connectivity index (χ1v) is 7.60. The smallest absolute Gasteiger partial charge is 0.270 e. The van der Waals surface area contributed by atoms with Crippen LogP contribution in [-0.4, -0.2) is 21.9 Å². The van der Waals surface area contributed by atoms with Crippen LogP contribution >= 0.6 is 0 Å². The van der Waals surface area contributed by atoms with Crippen LogP contribution in [0.2, 0.25) is 0 Å². The average Bonchev–Trinajstić information content (AvgIpc) is 3.04. The second kappa shape index (κ2) is 6.56. The third-order valence-electron chi connectivity index (χ3n) is 4.24. The zero-order valence-corrected chi connectivity index (χ0v) is 12.5. The van der Waals surface area contributed by atoms with Crippen LogP contribution in [0.3, 0.4) is 0 Å². The number of nitro groups is 1. The molecule has 0 bridgehead atoms. The number of rotatable bonds is 4. The number of nitrogens with one attached hydrogen (secondary N) is 1. The lowest BCUT2D eigenvalue weighted by atomic mass is 9.97. The summed E-state index contributed by atoms with van der Waals surface area (Å²) in [5.41, 5.74) is 1.61. The fourth-order valence-electron chi connectivity index (χ4n) is 3.04. The van der Waals surface area contributed by atoms with E-state index in [1.165, 1.54) is 12.1 Å². The van der Waals surface area contributed by atoms with Gasteiger partial charge in [-0.05, 0) is 42.9 Å². The van der Waals surface area contributed by atoms with E-state index in [1.807, 2.05) is 12.1 Å². The normalized spacial score (nSPS) is 20.2. The van der Waals surface area contributed by atoms with E-state index < -0.39 is 4.92 Å². The Hall–Kier alpha value is -2.76. The van der Waals surface area contributed by atoms with Crippen LogP contribution in [0.1, 0.15) is 41.2 Å². The van der Waals surface area contributed by atoms with Gasteiger partial charge in [-0.1, -0.05) is 18.2 Å². The predicted octanol–water partition coefficient (Wildman–Crippen LogP) is 3.06. The van der Waals surface area contributed by atoms with Crippen LogP contribution in [-0.2, 0) is 0 Å². The maximum absolute atomic E-state index is 12.1. The van der Waals surface area contributed by atoms with Crippen LogP contribution in [0, 0.1) is 10.1 Å². The summed E-state index contributed by atoms with van der Waals surface area (Å²) in [7, 11) is 0. The minimum atomic E-state index is -0.395. The molecule has 0 aliphatic heterocycles. The van der Waals surface area contributed by atoms with Crippen LogP contribution in [0.25, 0.3) is 0 Å². The molecule has 1 aromatic carbocycles. The maximum atomic E-state index is 12.1. The third-order valence-corrected chi connectivity index (χ3v) is 4.24. The van der Waals surface area contributed by atoms with Gasteiger partial charge in [-0.25, -0.2) is 0 Å². The van der Waals surface area contributed by atoms with Gasteiger partial charge >= 0.3 is 0 Å². The molecular weight excluding hydrogens is 294 g/mol. The molecule has 1 N–H and O–H groups in total. The molecule has 1 aliphatic carbocycles. The molecule has 118 valence electrons. The Kier molecular flexibility index (Phi) is 4.32. The molecule has 1 aromatic heterocycles.